The summed E-state index contributed by atoms with van der Waals surface area (Å²) in [6.45, 7) is 6.07. The molecule has 0 saturated carbocycles. The van der Waals surface area contributed by atoms with Gasteiger partial charge in [-0.05, 0) is 12.3 Å². The Morgan fingerprint density at radius 3 is 2.38 bits per heavy atom. The summed E-state index contributed by atoms with van der Waals surface area (Å²) in [6.07, 6.45) is 1.17. The van der Waals surface area contributed by atoms with E-state index in [-0.39, 0.29) is 5.92 Å². The number of rotatable bonds is 6. The van der Waals surface area contributed by atoms with Gasteiger partial charge in [0.15, 0.2) is 0 Å². The monoisotopic (exact) mass is 231 g/mol. The third-order valence-electron chi connectivity index (χ3n) is 2.12. The lowest BCUT2D eigenvalue weighted by Gasteiger charge is -2.19. The van der Waals surface area contributed by atoms with Gasteiger partial charge in [-0.15, -0.1) is 0 Å². The highest BCUT2D eigenvalue weighted by molar-refractivity contribution is 5.81. The molecule has 94 valence electrons. The third kappa shape index (κ3) is 5.58. The van der Waals surface area contributed by atoms with Crippen LogP contribution in [-0.4, -0.2) is 31.8 Å². The molecule has 0 saturated heterocycles. The van der Waals surface area contributed by atoms with Gasteiger partial charge in [-0.1, -0.05) is 27.2 Å². The molecule has 5 heteroatoms. The van der Waals surface area contributed by atoms with Crippen molar-refractivity contribution >= 4 is 12.1 Å². The normalized spacial score (nSPS) is 12.1. The number of carbonyl (C=O) groups excluding carboxylic acids is 2. The predicted molar refractivity (Wildman–Crippen MR) is 60.0 cm³/mol. The molecule has 0 aromatic rings. The SMILES string of the molecule is CCCCOC(=O)C(NC(=O)OC)C(C)C. The van der Waals surface area contributed by atoms with E-state index in [1.165, 1.54) is 7.11 Å². The van der Waals surface area contributed by atoms with Crippen molar-refractivity contribution in [2.45, 2.75) is 39.7 Å². The molecule has 0 radical (unpaired) electrons. The number of unbranched alkanes of at least 4 members (excludes halogenated alkanes) is 1. The maximum atomic E-state index is 11.6. The maximum absolute atomic E-state index is 11.6. The number of nitrogens with one attached hydrogen (secondary N) is 1. The Kier molecular flexibility index (Phi) is 7.33. The first kappa shape index (κ1) is 14.7. The molecule has 1 N–H and O–H groups in total. The van der Waals surface area contributed by atoms with Gasteiger partial charge in [0.25, 0.3) is 0 Å². The summed E-state index contributed by atoms with van der Waals surface area (Å²) in [5.41, 5.74) is 0. The van der Waals surface area contributed by atoms with E-state index in [1.807, 2.05) is 20.8 Å². The zero-order chi connectivity index (χ0) is 12.6. The Hall–Kier alpha value is -1.26. The van der Waals surface area contributed by atoms with Crippen molar-refractivity contribution in [3.05, 3.63) is 0 Å². The molecule has 1 amide bonds. The molecule has 0 aliphatic rings. The fourth-order valence-corrected chi connectivity index (χ4v) is 1.09. The molecule has 0 fully saturated rings. The van der Waals surface area contributed by atoms with Crippen LogP contribution in [0.1, 0.15) is 33.6 Å². The second kappa shape index (κ2) is 7.96. The summed E-state index contributed by atoms with van der Waals surface area (Å²) in [4.78, 5) is 22.6. The number of alkyl carbamates (subject to hydrolysis) is 1. The van der Waals surface area contributed by atoms with Gasteiger partial charge in [-0.3, -0.25) is 0 Å². The van der Waals surface area contributed by atoms with Crippen molar-refractivity contribution in [2.75, 3.05) is 13.7 Å². The summed E-state index contributed by atoms with van der Waals surface area (Å²) in [5, 5.41) is 2.46. The lowest BCUT2D eigenvalue weighted by molar-refractivity contribution is -0.147. The van der Waals surface area contributed by atoms with Gasteiger partial charge in [0.2, 0.25) is 0 Å². The molecule has 0 aliphatic heterocycles. The van der Waals surface area contributed by atoms with Crippen LogP contribution in [0.3, 0.4) is 0 Å². The molecule has 5 nitrogen and oxygen atoms in total. The van der Waals surface area contributed by atoms with E-state index in [1.54, 1.807) is 0 Å². The second-order valence-electron chi connectivity index (χ2n) is 3.88. The zero-order valence-corrected chi connectivity index (χ0v) is 10.4. The predicted octanol–water partition coefficient (Wildman–Crippen LogP) is 1.71. The van der Waals surface area contributed by atoms with Crippen molar-refractivity contribution in [1.82, 2.24) is 5.32 Å². The molecule has 0 spiro atoms. The van der Waals surface area contributed by atoms with Crippen LogP contribution < -0.4 is 5.32 Å². The van der Waals surface area contributed by atoms with Crippen LogP contribution in [0.4, 0.5) is 4.79 Å². The molecule has 0 bridgehead atoms. The van der Waals surface area contributed by atoms with Gasteiger partial charge < -0.3 is 14.8 Å². The molecule has 0 heterocycles. The Morgan fingerprint density at radius 2 is 1.94 bits per heavy atom. The van der Waals surface area contributed by atoms with E-state index in [0.717, 1.165) is 12.8 Å². The number of carbonyl (C=O) groups is 2. The van der Waals surface area contributed by atoms with E-state index in [4.69, 9.17) is 4.74 Å². The van der Waals surface area contributed by atoms with Gasteiger partial charge in [0.05, 0.1) is 13.7 Å². The van der Waals surface area contributed by atoms with Crippen molar-refractivity contribution in [3.63, 3.8) is 0 Å². The smallest absolute Gasteiger partial charge is 0.407 e. The molecule has 0 aromatic carbocycles. The Labute approximate surface area is 96.5 Å². The van der Waals surface area contributed by atoms with Crippen LogP contribution in [0.25, 0.3) is 0 Å². The summed E-state index contributed by atoms with van der Waals surface area (Å²) < 4.78 is 9.49. The van der Waals surface area contributed by atoms with Gasteiger partial charge >= 0.3 is 12.1 Å². The van der Waals surface area contributed by atoms with Gasteiger partial charge in [0.1, 0.15) is 6.04 Å². The quantitative estimate of drug-likeness (QED) is 0.558. The molecule has 1 atom stereocenters. The number of amides is 1. The standard InChI is InChI=1S/C11H21NO4/c1-5-6-7-16-10(13)9(8(2)3)12-11(14)15-4/h8-9H,5-7H2,1-4H3,(H,12,14). The first-order valence-electron chi connectivity index (χ1n) is 5.54. The molecular weight excluding hydrogens is 210 g/mol. The van der Waals surface area contributed by atoms with Crippen LogP contribution in [0.2, 0.25) is 0 Å². The summed E-state index contributed by atoms with van der Waals surface area (Å²) in [6, 6.07) is -0.649. The summed E-state index contributed by atoms with van der Waals surface area (Å²) >= 11 is 0. The van der Waals surface area contributed by atoms with E-state index in [9.17, 15) is 9.59 Å². The number of methoxy groups -OCH3 is 1. The first-order chi connectivity index (χ1) is 7.52. The number of ether oxygens (including phenoxy) is 2. The summed E-state index contributed by atoms with van der Waals surface area (Å²) in [7, 11) is 1.26. The fourth-order valence-electron chi connectivity index (χ4n) is 1.09. The average Bonchev–Trinajstić information content (AvgIpc) is 2.25. The molecule has 1 unspecified atom stereocenters. The lowest BCUT2D eigenvalue weighted by atomic mass is 10.1. The number of hydrogen-bond donors (Lipinski definition) is 1. The lowest BCUT2D eigenvalue weighted by Crippen LogP contribution is -2.45. The van der Waals surface area contributed by atoms with Crippen molar-refractivity contribution in [1.29, 1.82) is 0 Å². The molecule has 0 rings (SSSR count). The largest absolute Gasteiger partial charge is 0.464 e. The highest BCUT2D eigenvalue weighted by atomic mass is 16.5. The van der Waals surface area contributed by atoms with Crippen LogP contribution in [-0.2, 0) is 14.3 Å². The molecule has 0 aromatic heterocycles. The highest BCUT2D eigenvalue weighted by Gasteiger charge is 2.25. The van der Waals surface area contributed by atoms with Gasteiger partial charge in [-0.25, -0.2) is 9.59 Å². The first-order valence-corrected chi connectivity index (χ1v) is 5.54. The van der Waals surface area contributed by atoms with E-state index < -0.39 is 18.1 Å². The van der Waals surface area contributed by atoms with E-state index >= 15 is 0 Å². The third-order valence-corrected chi connectivity index (χ3v) is 2.12. The Balaban J connectivity index is 4.19. The minimum atomic E-state index is -0.649. The maximum Gasteiger partial charge on any atom is 0.407 e. The van der Waals surface area contributed by atoms with Gasteiger partial charge in [-0.2, -0.15) is 0 Å². The van der Waals surface area contributed by atoms with Crippen molar-refractivity contribution in [3.8, 4) is 0 Å². The van der Waals surface area contributed by atoms with Crippen molar-refractivity contribution in [2.24, 2.45) is 5.92 Å². The topological polar surface area (TPSA) is 64.6 Å². The van der Waals surface area contributed by atoms with E-state index in [2.05, 4.69) is 10.1 Å². The number of esters is 1. The van der Waals surface area contributed by atoms with Crippen molar-refractivity contribution < 1.29 is 19.1 Å². The van der Waals surface area contributed by atoms with Crippen LogP contribution >= 0.6 is 0 Å². The van der Waals surface area contributed by atoms with Crippen LogP contribution in [0, 0.1) is 5.92 Å². The summed E-state index contributed by atoms with van der Waals surface area (Å²) in [5.74, 6) is -0.443. The van der Waals surface area contributed by atoms with Gasteiger partial charge in [0, 0.05) is 0 Å². The fraction of sp³-hybridized carbons (Fsp3) is 0.818. The number of hydrogen-bond acceptors (Lipinski definition) is 4. The minimum absolute atomic E-state index is 0.0340. The average molecular weight is 231 g/mol. The Morgan fingerprint density at radius 1 is 1.31 bits per heavy atom. The van der Waals surface area contributed by atoms with Crippen LogP contribution in [0.15, 0.2) is 0 Å². The Bertz CT molecular complexity index is 228. The van der Waals surface area contributed by atoms with Crippen LogP contribution in [0.5, 0.6) is 0 Å². The highest BCUT2D eigenvalue weighted by Crippen LogP contribution is 2.05. The minimum Gasteiger partial charge on any atom is -0.464 e. The molecular formula is C11H21NO4. The second-order valence-corrected chi connectivity index (χ2v) is 3.88. The zero-order valence-electron chi connectivity index (χ0n) is 10.4. The molecule has 16 heavy (non-hydrogen) atoms. The molecule has 0 aliphatic carbocycles. The van der Waals surface area contributed by atoms with E-state index in [0.29, 0.717) is 6.61 Å².